The first-order valence-corrected chi connectivity index (χ1v) is 11.9. The first kappa shape index (κ1) is 28.8. The Labute approximate surface area is 183 Å². The Morgan fingerprint density at radius 2 is 1.30 bits per heavy atom. The third-order valence-electron chi connectivity index (χ3n) is 6.30. The number of hydrogen-bond acceptors (Lipinski definition) is 2. The quantitative estimate of drug-likeness (QED) is 0.314. The van der Waals surface area contributed by atoms with Crippen molar-refractivity contribution >= 4 is 11.8 Å². The van der Waals surface area contributed by atoms with E-state index in [0.717, 1.165) is 38.5 Å². The highest BCUT2D eigenvalue weighted by atomic mass is 19.1. The van der Waals surface area contributed by atoms with Crippen LogP contribution >= 0.6 is 0 Å². The maximum atomic E-state index is 13.7. The molecule has 178 valence electrons. The van der Waals surface area contributed by atoms with Gasteiger partial charge in [0.1, 0.15) is 13.3 Å². The number of nitrogens with one attached hydrogen (secondary N) is 2. The predicted octanol–water partition coefficient (Wildman–Crippen LogP) is 5.60. The van der Waals surface area contributed by atoms with Crippen LogP contribution in [0.4, 0.5) is 8.78 Å². The molecule has 2 N–H and O–H groups in total. The van der Waals surface area contributed by atoms with Crippen LogP contribution in [-0.2, 0) is 9.59 Å². The van der Waals surface area contributed by atoms with Crippen molar-refractivity contribution in [2.45, 2.75) is 105 Å². The average Bonchev–Trinajstić information content (AvgIpc) is 2.70. The average molecular weight is 433 g/mol. The van der Waals surface area contributed by atoms with E-state index in [-0.39, 0.29) is 36.0 Å². The van der Waals surface area contributed by atoms with E-state index in [1.807, 2.05) is 6.92 Å². The Hall–Kier alpha value is -1.20. The molecule has 0 saturated heterocycles. The number of alkyl halides is 2. The van der Waals surface area contributed by atoms with Crippen molar-refractivity contribution in [2.75, 3.05) is 13.3 Å². The van der Waals surface area contributed by atoms with Gasteiger partial charge in [0.05, 0.1) is 12.1 Å². The fourth-order valence-electron chi connectivity index (χ4n) is 4.39. The molecule has 0 aromatic carbocycles. The Morgan fingerprint density at radius 1 is 0.800 bits per heavy atom. The van der Waals surface area contributed by atoms with Crippen LogP contribution in [0.5, 0.6) is 0 Å². The van der Waals surface area contributed by atoms with Gasteiger partial charge in [0.25, 0.3) is 0 Å². The minimum Gasteiger partial charge on any atom is -0.351 e. The van der Waals surface area contributed by atoms with Gasteiger partial charge in [0.2, 0.25) is 11.8 Å². The molecule has 6 heteroatoms. The van der Waals surface area contributed by atoms with Crippen LogP contribution in [0.1, 0.15) is 92.9 Å². The van der Waals surface area contributed by atoms with Crippen molar-refractivity contribution in [3.05, 3.63) is 0 Å². The van der Waals surface area contributed by atoms with Gasteiger partial charge in [0.15, 0.2) is 0 Å². The Balaban J connectivity index is 4.92. The predicted molar refractivity (Wildman–Crippen MR) is 121 cm³/mol. The Kier molecular flexibility index (Phi) is 15.8. The van der Waals surface area contributed by atoms with E-state index in [4.69, 9.17) is 0 Å². The van der Waals surface area contributed by atoms with Gasteiger partial charge in [-0.25, -0.2) is 8.78 Å². The van der Waals surface area contributed by atoms with Gasteiger partial charge < -0.3 is 10.6 Å². The topological polar surface area (TPSA) is 58.2 Å². The molecule has 4 unspecified atom stereocenters. The molecule has 0 saturated carbocycles. The summed E-state index contributed by atoms with van der Waals surface area (Å²) in [4.78, 5) is 24.0. The molecule has 0 radical (unpaired) electrons. The van der Waals surface area contributed by atoms with Crippen molar-refractivity contribution in [1.29, 1.82) is 0 Å². The zero-order valence-electron chi connectivity index (χ0n) is 20.1. The lowest BCUT2D eigenvalue weighted by atomic mass is 9.81. The lowest BCUT2D eigenvalue weighted by molar-refractivity contribution is -0.123. The van der Waals surface area contributed by atoms with E-state index in [1.165, 1.54) is 6.92 Å². The molecule has 0 spiro atoms. The number of carbonyl (C=O) groups excluding carboxylic acids is 2. The third-order valence-corrected chi connectivity index (χ3v) is 6.30. The SMILES string of the molecule is CCCCC(C(C)C)C(CF)NC(=O)CCC(C)C(CCCC)[C@@H](CF)NC(C)=O. The van der Waals surface area contributed by atoms with E-state index >= 15 is 0 Å². The zero-order chi connectivity index (χ0) is 23.1. The van der Waals surface area contributed by atoms with Gasteiger partial charge in [-0.15, -0.1) is 0 Å². The summed E-state index contributed by atoms with van der Waals surface area (Å²) in [5, 5.41) is 5.64. The Bertz CT molecular complexity index is 474. The molecule has 2 amide bonds. The number of carbonyl (C=O) groups is 2. The highest BCUT2D eigenvalue weighted by Crippen LogP contribution is 2.27. The van der Waals surface area contributed by atoms with E-state index in [9.17, 15) is 18.4 Å². The van der Waals surface area contributed by atoms with Crippen LogP contribution in [0.15, 0.2) is 0 Å². The molecule has 0 fully saturated rings. The fraction of sp³-hybridized carbons (Fsp3) is 0.917. The highest BCUT2D eigenvalue weighted by Gasteiger charge is 2.29. The van der Waals surface area contributed by atoms with E-state index < -0.39 is 25.4 Å². The van der Waals surface area contributed by atoms with Crippen molar-refractivity contribution in [2.24, 2.45) is 23.7 Å². The fourth-order valence-corrected chi connectivity index (χ4v) is 4.39. The molecule has 0 aromatic heterocycles. The molecule has 0 aliphatic carbocycles. The minimum absolute atomic E-state index is 0.0170. The molecular weight excluding hydrogens is 386 g/mol. The molecule has 0 aromatic rings. The highest BCUT2D eigenvalue weighted by molar-refractivity contribution is 5.76. The zero-order valence-corrected chi connectivity index (χ0v) is 20.1. The summed E-state index contributed by atoms with van der Waals surface area (Å²) in [7, 11) is 0. The second-order valence-electron chi connectivity index (χ2n) is 9.16. The monoisotopic (exact) mass is 432 g/mol. The second kappa shape index (κ2) is 16.5. The molecule has 5 atom stereocenters. The standard InChI is InChI=1S/C24H46F2N2O2/c1-7-9-11-20(17(3)4)22(15-25)28-24(30)14-13-18(5)21(12-10-8-2)23(16-26)27-19(6)29/h17-18,20-23H,7-16H2,1-6H3,(H,27,29)(H,28,30)/t18?,20?,21?,22?,23-/m1/s1. The van der Waals surface area contributed by atoms with Gasteiger partial charge in [0, 0.05) is 13.3 Å². The number of rotatable bonds is 17. The van der Waals surface area contributed by atoms with Gasteiger partial charge in [-0.05, 0) is 42.9 Å². The van der Waals surface area contributed by atoms with Crippen molar-refractivity contribution in [3.63, 3.8) is 0 Å². The summed E-state index contributed by atoms with van der Waals surface area (Å²) in [6.45, 7) is 10.6. The molecule has 0 aliphatic heterocycles. The number of hydrogen-bond donors (Lipinski definition) is 2. The first-order chi connectivity index (χ1) is 14.2. The van der Waals surface area contributed by atoms with Crippen molar-refractivity contribution in [1.82, 2.24) is 10.6 Å². The van der Waals surface area contributed by atoms with Crippen LogP contribution in [0.3, 0.4) is 0 Å². The molecule has 0 heterocycles. The van der Waals surface area contributed by atoms with Crippen LogP contribution in [-0.4, -0.2) is 37.2 Å². The van der Waals surface area contributed by atoms with Crippen LogP contribution < -0.4 is 10.6 Å². The van der Waals surface area contributed by atoms with Crippen LogP contribution in [0, 0.1) is 23.7 Å². The van der Waals surface area contributed by atoms with E-state index in [0.29, 0.717) is 12.3 Å². The lowest BCUT2D eigenvalue weighted by Gasteiger charge is -2.31. The number of amides is 2. The molecular formula is C24H46F2N2O2. The van der Waals surface area contributed by atoms with Crippen molar-refractivity contribution in [3.8, 4) is 0 Å². The Morgan fingerprint density at radius 3 is 1.73 bits per heavy atom. The van der Waals surface area contributed by atoms with Gasteiger partial charge in [-0.1, -0.05) is 60.3 Å². The molecule has 0 rings (SSSR count). The minimum atomic E-state index is -0.609. The van der Waals surface area contributed by atoms with E-state index in [2.05, 4.69) is 38.3 Å². The van der Waals surface area contributed by atoms with Gasteiger partial charge in [-0.2, -0.15) is 0 Å². The van der Waals surface area contributed by atoms with Crippen molar-refractivity contribution < 1.29 is 18.4 Å². The summed E-state index contributed by atoms with van der Waals surface area (Å²) in [5.41, 5.74) is 0. The molecule has 0 bridgehead atoms. The summed E-state index contributed by atoms with van der Waals surface area (Å²) in [6.07, 6.45) is 6.63. The maximum Gasteiger partial charge on any atom is 0.220 e. The number of unbranched alkanes of at least 4 members (excludes halogenated alkanes) is 2. The molecule has 4 nitrogen and oxygen atoms in total. The first-order valence-electron chi connectivity index (χ1n) is 11.9. The summed E-state index contributed by atoms with van der Waals surface area (Å²) in [6, 6.07) is -0.974. The largest absolute Gasteiger partial charge is 0.351 e. The van der Waals surface area contributed by atoms with Gasteiger partial charge in [-0.3, -0.25) is 9.59 Å². The van der Waals surface area contributed by atoms with Gasteiger partial charge >= 0.3 is 0 Å². The molecule has 0 aliphatic rings. The smallest absolute Gasteiger partial charge is 0.220 e. The molecule has 30 heavy (non-hydrogen) atoms. The van der Waals surface area contributed by atoms with Crippen LogP contribution in [0.2, 0.25) is 0 Å². The maximum absolute atomic E-state index is 13.7. The lowest BCUT2D eigenvalue weighted by Crippen LogP contribution is -2.45. The second-order valence-corrected chi connectivity index (χ2v) is 9.16. The number of halogens is 2. The van der Waals surface area contributed by atoms with E-state index in [1.54, 1.807) is 0 Å². The third kappa shape index (κ3) is 11.3. The normalized spacial score (nSPS) is 16.6. The van der Waals surface area contributed by atoms with Crippen LogP contribution in [0.25, 0.3) is 0 Å². The summed E-state index contributed by atoms with van der Waals surface area (Å²) in [5.74, 6) is 0.123. The summed E-state index contributed by atoms with van der Waals surface area (Å²) >= 11 is 0. The summed E-state index contributed by atoms with van der Waals surface area (Å²) < 4.78 is 27.3.